The molecule has 0 saturated carbocycles. The van der Waals surface area contributed by atoms with E-state index in [1.54, 1.807) is 0 Å². The third kappa shape index (κ3) is 4.83. The number of rotatable bonds is 6. The number of benzene rings is 3. The highest BCUT2D eigenvalue weighted by molar-refractivity contribution is 5.97. The standard InChI is InChI=1S/C28H30N2O3/c1-4-29(5-2)28(32)23-12-8-11-21(15-23)22-13-14-25-18-33-19-27(31)30(26(25)16-22)17-24-10-7-6-9-20(24)3/h6-16H,4-5,17-19H2,1-3H3. The van der Waals surface area contributed by atoms with Crippen molar-refractivity contribution in [3.63, 3.8) is 0 Å². The second-order valence-electron chi connectivity index (χ2n) is 8.30. The van der Waals surface area contributed by atoms with Gasteiger partial charge in [0.2, 0.25) is 0 Å². The predicted octanol–water partition coefficient (Wildman–Crippen LogP) is 5.21. The van der Waals surface area contributed by atoms with Crippen LogP contribution in [0.5, 0.6) is 0 Å². The fourth-order valence-electron chi connectivity index (χ4n) is 4.23. The molecule has 0 atom stereocenters. The van der Waals surface area contributed by atoms with E-state index < -0.39 is 0 Å². The maximum Gasteiger partial charge on any atom is 0.253 e. The van der Waals surface area contributed by atoms with Gasteiger partial charge in [0.15, 0.2) is 0 Å². The van der Waals surface area contributed by atoms with Crippen molar-refractivity contribution in [2.45, 2.75) is 33.9 Å². The molecule has 33 heavy (non-hydrogen) atoms. The van der Waals surface area contributed by atoms with Crippen LogP contribution in [0.2, 0.25) is 0 Å². The van der Waals surface area contributed by atoms with Crippen LogP contribution in [-0.2, 0) is 22.7 Å². The van der Waals surface area contributed by atoms with Crippen molar-refractivity contribution in [2.75, 3.05) is 24.6 Å². The van der Waals surface area contributed by atoms with Crippen LogP contribution in [0.3, 0.4) is 0 Å². The molecule has 3 aromatic rings. The van der Waals surface area contributed by atoms with Crippen LogP contribution in [0.4, 0.5) is 5.69 Å². The van der Waals surface area contributed by atoms with E-state index in [1.165, 1.54) is 0 Å². The molecule has 0 aromatic heterocycles. The number of anilines is 1. The van der Waals surface area contributed by atoms with Crippen molar-refractivity contribution in [1.82, 2.24) is 4.90 Å². The Labute approximate surface area is 195 Å². The summed E-state index contributed by atoms with van der Waals surface area (Å²) in [6.07, 6.45) is 0. The van der Waals surface area contributed by atoms with Gasteiger partial charge in [-0.3, -0.25) is 9.59 Å². The van der Waals surface area contributed by atoms with Gasteiger partial charge in [-0.05, 0) is 61.2 Å². The second-order valence-corrected chi connectivity index (χ2v) is 8.30. The lowest BCUT2D eigenvalue weighted by atomic mass is 9.99. The van der Waals surface area contributed by atoms with Gasteiger partial charge in [-0.2, -0.15) is 0 Å². The molecule has 1 aliphatic heterocycles. The fraction of sp³-hybridized carbons (Fsp3) is 0.286. The highest BCUT2D eigenvalue weighted by Gasteiger charge is 2.24. The number of aryl methyl sites for hydroxylation is 1. The minimum Gasteiger partial charge on any atom is -0.367 e. The van der Waals surface area contributed by atoms with E-state index in [1.807, 2.05) is 78.2 Å². The Hall–Kier alpha value is -3.44. The lowest BCUT2D eigenvalue weighted by molar-refractivity contribution is -0.123. The first-order valence-corrected chi connectivity index (χ1v) is 11.5. The molecule has 0 aliphatic carbocycles. The highest BCUT2D eigenvalue weighted by Crippen LogP contribution is 2.32. The van der Waals surface area contributed by atoms with Gasteiger partial charge in [0.1, 0.15) is 6.61 Å². The van der Waals surface area contributed by atoms with Gasteiger partial charge in [-0.1, -0.05) is 48.5 Å². The van der Waals surface area contributed by atoms with Crippen LogP contribution < -0.4 is 4.90 Å². The van der Waals surface area contributed by atoms with Crippen molar-refractivity contribution < 1.29 is 14.3 Å². The molecule has 0 N–H and O–H groups in total. The monoisotopic (exact) mass is 442 g/mol. The summed E-state index contributed by atoms with van der Waals surface area (Å²) in [7, 11) is 0. The average Bonchev–Trinajstić information content (AvgIpc) is 2.99. The van der Waals surface area contributed by atoms with Crippen LogP contribution in [0.1, 0.15) is 40.9 Å². The Morgan fingerprint density at radius 1 is 0.939 bits per heavy atom. The number of hydrogen-bond acceptors (Lipinski definition) is 3. The van der Waals surface area contributed by atoms with Gasteiger partial charge in [-0.15, -0.1) is 0 Å². The summed E-state index contributed by atoms with van der Waals surface area (Å²) in [5, 5.41) is 0. The Balaban J connectivity index is 1.72. The van der Waals surface area contributed by atoms with Gasteiger partial charge >= 0.3 is 0 Å². The summed E-state index contributed by atoms with van der Waals surface area (Å²) in [5.74, 6) is -0.0269. The van der Waals surface area contributed by atoms with Gasteiger partial charge in [0.05, 0.1) is 18.8 Å². The Morgan fingerprint density at radius 2 is 1.70 bits per heavy atom. The third-order valence-electron chi connectivity index (χ3n) is 6.24. The van der Waals surface area contributed by atoms with E-state index >= 15 is 0 Å². The summed E-state index contributed by atoms with van der Waals surface area (Å²) < 4.78 is 5.64. The molecule has 1 heterocycles. The first-order valence-electron chi connectivity index (χ1n) is 11.5. The Kier molecular flexibility index (Phi) is 6.90. The Morgan fingerprint density at radius 3 is 2.45 bits per heavy atom. The summed E-state index contributed by atoms with van der Waals surface area (Å²) in [6, 6.07) is 21.9. The molecular weight excluding hydrogens is 412 g/mol. The lowest BCUT2D eigenvalue weighted by Gasteiger charge is -2.24. The summed E-state index contributed by atoms with van der Waals surface area (Å²) >= 11 is 0. The number of ether oxygens (including phenoxy) is 1. The molecule has 2 amide bonds. The average molecular weight is 443 g/mol. The molecule has 1 aliphatic rings. The van der Waals surface area contributed by atoms with E-state index in [0.29, 0.717) is 31.8 Å². The summed E-state index contributed by atoms with van der Waals surface area (Å²) in [5.41, 5.74) is 6.68. The van der Waals surface area contributed by atoms with E-state index in [2.05, 4.69) is 19.1 Å². The SMILES string of the molecule is CCN(CC)C(=O)c1cccc(-c2ccc3c(c2)N(Cc2ccccc2C)C(=O)COC3)c1. The fourth-order valence-corrected chi connectivity index (χ4v) is 4.23. The quantitative estimate of drug-likeness (QED) is 0.527. The minimum atomic E-state index is -0.0559. The number of nitrogens with zero attached hydrogens (tertiary/aromatic N) is 2. The summed E-state index contributed by atoms with van der Waals surface area (Å²) in [6.45, 7) is 8.33. The molecular formula is C28H30N2O3. The number of carbonyl (C=O) groups excluding carboxylic acids is 2. The van der Waals surface area contributed by atoms with Gasteiger partial charge in [0, 0.05) is 24.2 Å². The molecule has 5 heteroatoms. The number of hydrogen-bond donors (Lipinski definition) is 0. The van der Waals surface area contributed by atoms with E-state index in [0.717, 1.165) is 33.5 Å². The van der Waals surface area contributed by atoms with Gasteiger partial charge < -0.3 is 14.5 Å². The maximum absolute atomic E-state index is 13.0. The zero-order chi connectivity index (χ0) is 23.4. The first kappa shape index (κ1) is 22.7. The van der Waals surface area contributed by atoms with E-state index in [-0.39, 0.29) is 18.4 Å². The largest absolute Gasteiger partial charge is 0.367 e. The van der Waals surface area contributed by atoms with Crippen LogP contribution >= 0.6 is 0 Å². The molecule has 5 nitrogen and oxygen atoms in total. The second kappa shape index (κ2) is 10.0. The van der Waals surface area contributed by atoms with Crippen molar-refractivity contribution in [1.29, 1.82) is 0 Å². The van der Waals surface area contributed by atoms with Crippen molar-refractivity contribution in [3.8, 4) is 11.1 Å². The third-order valence-corrected chi connectivity index (χ3v) is 6.24. The van der Waals surface area contributed by atoms with Gasteiger partial charge in [-0.25, -0.2) is 0 Å². The van der Waals surface area contributed by atoms with Gasteiger partial charge in [0.25, 0.3) is 11.8 Å². The molecule has 0 radical (unpaired) electrons. The molecule has 0 saturated heterocycles. The van der Waals surface area contributed by atoms with Crippen molar-refractivity contribution >= 4 is 17.5 Å². The van der Waals surface area contributed by atoms with E-state index in [9.17, 15) is 9.59 Å². The number of carbonyl (C=O) groups is 2. The molecule has 4 rings (SSSR count). The summed E-state index contributed by atoms with van der Waals surface area (Å²) in [4.78, 5) is 29.5. The number of fused-ring (bicyclic) bond motifs is 1. The normalized spacial score (nSPS) is 13.4. The topological polar surface area (TPSA) is 49.9 Å². The first-order chi connectivity index (χ1) is 16.0. The molecule has 0 fully saturated rings. The van der Waals surface area contributed by atoms with E-state index in [4.69, 9.17) is 4.74 Å². The molecule has 0 unspecified atom stereocenters. The van der Waals surface area contributed by atoms with Crippen LogP contribution in [0, 0.1) is 6.92 Å². The minimum absolute atomic E-state index is 0.0290. The maximum atomic E-state index is 13.0. The predicted molar refractivity (Wildman–Crippen MR) is 131 cm³/mol. The lowest BCUT2D eigenvalue weighted by Crippen LogP contribution is -2.32. The zero-order valence-electron chi connectivity index (χ0n) is 19.5. The highest BCUT2D eigenvalue weighted by atomic mass is 16.5. The Bertz CT molecular complexity index is 1170. The number of amides is 2. The zero-order valence-corrected chi connectivity index (χ0v) is 19.5. The van der Waals surface area contributed by atoms with Crippen molar-refractivity contribution in [3.05, 3.63) is 89.0 Å². The van der Waals surface area contributed by atoms with Crippen molar-refractivity contribution in [2.24, 2.45) is 0 Å². The van der Waals surface area contributed by atoms with Crippen LogP contribution in [0.25, 0.3) is 11.1 Å². The molecule has 170 valence electrons. The molecule has 0 spiro atoms. The smallest absolute Gasteiger partial charge is 0.253 e. The van der Waals surface area contributed by atoms with Crippen LogP contribution in [-0.4, -0.2) is 36.4 Å². The van der Waals surface area contributed by atoms with Crippen LogP contribution in [0.15, 0.2) is 66.7 Å². The molecule has 0 bridgehead atoms. The molecule has 3 aromatic carbocycles.